The monoisotopic (exact) mass is 552 g/mol. The fraction of sp³-hybridized carbons (Fsp3) is 0.696. The third kappa shape index (κ3) is 8.60. The summed E-state index contributed by atoms with van der Waals surface area (Å²) in [5.41, 5.74) is 0. The minimum Gasteiger partial charge on any atom is -0.477 e. The molecular weight excluding hydrogens is 521 g/mol. The Morgan fingerprint density at radius 1 is 1.03 bits per heavy atom. The van der Waals surface area contributed by atoms with Crippen molar-refractivity contribution in [1.82, 2.24) is 10.2 Å². The molecule has 1 saturated heterocycles. The predicted molar refractivity (Wildman–Crippen MR) is 120 cm³/mol. The number of carbonyl (C=O) groups is 5. The van der Waals surface area contributed by atoms with Crippen LogP contribution in [-0.4, -0.2) is 98.1 Å². The maximum Gasteiger partial charge on any atom is 0.471 e. The zero-order valence-electron chi connectivity index (χ0n) is 21.4. The Morgan fingerprint density at radius 2 is 1.63 bits per heavy atom. The van der Waals surface area contributed by atoms with E-state index < -0.39 is 78.7 Å². The van der Waals surface area contributed by atoms with Gasteiger partial charge in [-0.25, -0.2) is 4.79 Å². The normalized spacial score (nSPS) is 23.6. The highest BCUT2D eigenvalue weighted by Crippen LogP contribution is 2.31. The topological polar surface area (TPSA) is 147 Å². The molecule has 2 aliphatic rings. The van der Waals surface area contributed by atoms with Gasteiger partial charge in [-0.1, -0.05) is 6.42 Å². The van der Waals surface area contributed by atoms with E-state index in [-0.39, 0.29) is 0 Å². The standard InChI is InChI=1S/C23H31F3N2O10/c1-12(29)35-11-17(36-13(2)30)19(37-14(3)31)20-18(27-22(33)23(24,25)26)15(28-8-6-5-7-9-28)10-16(38-20)21(32)34-4/h10,15,17-20H,5-9,11H2,1-4H3,(H,27,33)/t15-,17+,18+,19+,20+/m0/s1. The van der Waals surface area contributed by atoms with E-state index >= 15 is 0 Å². The molecule has 214 valence electrons. The van der Waals surface area contributed by atoms with E-state index in [1.807, 2.05) is 5.32 Å². The van der Waals surface area contributed by atoms with Crippen LogP contribution in [0.3, 0.4) is 0 Å². The molecule has 5 atom stereocenters. The lowest BCUT2D eigenvalue weighted by Gasteiger charge is -2.46. The van der Waals surface area contributed by atoms with Crippen molar-refractivity contribution >= 4 is 29.8 Å². The number of likely N-dealkylation sites (tertiary alicyclic amines) is 1. The summed E-state index contributed by atoms with van der Waals surface area (Å²) in [6, 6.07) is -2.60. The Kier molecular flexibility index (Phi) is 10.9. The third-order valence-corrected chi connectivity index (χ3v) is 5.82. The van der Waals surface area contributed by atoms with Crippen LogP contribution in [-0.2, 0) is 47.7 Å². The number of esters is 4. The van der Waals surface area contributed by atoms with Crippen LogP contribution in [0.4, 0.5) is 13.2 Å². The Morgan fingerprint density at radius 3 is 2.13 bits per heavy atom. The van der Waals surface area contributed by atoms with Crippen LogP contribution in [0.1, 0.15) is 40.0 Å². The van der Waals surface area contributed by atoms with Crippen LogP contribution in [0, 0.1) is 0 Å². The molecule has 15 heteroatoms. The molecule has 38 heavy (non-hydrogen) atoms. The molecule has 1 fully saturated rings. The second-order valence-corrected chi connectivity index (χ2v) is 8.71. The lowest BCUT2D eigenvalue weighted by Crippen LogP contribution is -2.66. The molecule has 1 amide bonds. The summed E-state index contributed by atoms with van der Waals surface area (Å²) in [5.74, 6) is -6.36. The van der Waals surface area contributed by atoms with Gasteiger partial charge in [-0.2, -0.15) is 13.2 Å². The molecule has 0 unspecified atom stereocenters. The number of hydrogen-bond acceptors (Lipinski definition) is 11. The average Bonchev–Trinajstić information content (AvgIpc) is 2.84. The van der Waals surface area contributed by atoms with Crippen molar-refractivity contribution in [1.29, 1.82) is 0 Å². The Labute approximate surface area is 216 Å². The number of rotatable bonds is 9. The number of hydrogen-bond donors (Lipinski definition) is 1. The number of ether oxygens (including phenoxy) is 5. The number of alkyl halides is 3. The van der Waals surface area contributed by atoms with Crippen LogP contribution in [0.15, 0.2) is 11.8 Å². The fourth-order valence-electron chi connectivity index (χ4n) is 4.30. The Balaban J connectivity index is 2.66. The second kappa shape index (κ2) is 13.4. The summed E-state index contributed by atoms with van der Waals surface area (Å²) >= 11 is 0. The first kappa shape index (κ1) is 30.9. The lowest BCUT2D eigenvalue weighted by atomic mass is 9.89. The van der Waals surface area contributed by atoms with Gasteiger partial charge in [-0.15, -0.1) is 0 Å². The first-order valence-corrected chi connectivity index (χ1v) is 11.8. The number of piperidine rings is 1. The van der Waals surface area contributed by atoms with Crippen molar-refractivity contribution in [3.05, 3.63) is 11.8 Å². The van der Waals surface area contributed by atoms with Crippen LogP contribution in [0.25, 0.3) is 0 Å². The molecule has 0 aromatic rings. The van der Waals surface area contributed by atoms with E-state index in [4.69, 9.17) is 23.7 Å². The smallest absolute Gasteiger partial charge is 0.471 e. The Hall–Kier alpha value is -3.36. The maximum atomic E-state index is 13.3. The molecule has 12 nitrogen and oxygen atoms in total. The molecule has 1 N–H and O–H groups in total. The molecule has 0 saturated carbocycles. The van der Waals surface area contributed by atoms with Crippen molar-refractivity contribution < 1.29 is 60.8 Å². The van der Waals surface area contributed by atoms with Gasteiger partial charge in [0.25, 0.3) is 0 Å². The van der Waals surface area contributed by atoms with E-state index in [0.29, 0.717) is 25.9 Å². The fourth-order valence-corrected chi connectivity index (χ4v) is 4.30. The number of nitrogens with zero attached hydrogens (tertiary/aromatic N) is 1. The number of nitrogens with one attached hydrogen (secondary N) is 1. The summed E-state index contributed by atoms with van der Waals surface area (Å²) in [5, 5.41) is 1.89. The zero-order chi connectivity index (χ0) is 28.6. The van der Waals surface area contributed by atoms with Gasteiger partial charge in [0.15, 0.2) is 18.3 Å². The van der Waals surface area contributed by atoms with Crippen LogP contribution in [0.2, 0.25) is 0 Å². The molecule has 0 aromatic heterocycles. The van der Waals surface area contributed by atoms with Crippen LogP contribution < -0.4 is 5.32 Å². The molecule has 0 radical (unpaired) electrons. The lowest BCUT2D eigenvalue weighted by molar-refractivity contribution is -0.192. The SMILES string of the molecule is COC(=O)C1=C[C@H](N2CCCCC2)[C@@H](NC(=O)C(F)(F)F)[C@H]([C@H](OC(C)=O)[C@@H](COC(C)=O)OC(C)=O)O1. The first-order chi connectivity index (χ1) is 17.7. The van der Waals surface area contributed by atoms with Crippen molar-refractivity contribution in [3.8, 4) is 0 Å². The summed E-state index contributed by atoms with van der Waals surface area (Å²) < 4.78 is 65.9. The van der Waals surface area contributed by atoms with Gasteiger partial charge in [0, 0.05) is 20.8 Å². The molecular formula is C23H31F3N2O10. The molecule has 0 spiro atoms. The Bertz CT molecular complexity index is 933. The third-order valence-electron chi connectivity index (χ3n) is 5.82. The van der Waals surface area contributed by atoms with E-state index in [1.165, 1.54) is 6.08 Å². The van der Waals surface area contributed by atoms with Crippen molar-refractivity contribution in [2.45, 2.75) is 76.6 Å². The van der Waals surface area contributed by atoms with E-state index in [9.17, 15) is 37.1 Å². The number of carbonyl (C=O) groups excluding carboxylic acids is 5. The van der Waals surface area contributed by atoms with Gasteiger partial charge in [-0.05, 0) is 32.0 Å². The number of halogens is 3. The highest BCUT2D eigenvalue weighted by Gasteiger charge is 2.51. The molecule has 2 aliphatic heterocycles. The number of amides is 1. The highest BCUT2D eigenvalue weighted by molar-refractivity contribution is 5.87. The van der Waals surface area contributed by atoms with E-state index in [0.717, 1.165) is 34.3 Å². The largest absolute Gasteiger partial charge is 0.477 e. The average molecular weight is 552 g/mol. The van der Waals surface area contributed by atoms with E-state index in [2.05, 4.69) is 0 Å². The maximum absolute atomic E-state index is 13.3. The van der Waals surface area contributed by atoms with Crippen molar-refractivity contribution in [2.24, 2.45) is 0 Å². The summed E-state index contributed by atoms with van der Waals surface area (Å²) in [7, 11) is 1.06. The quantitative estimate of drug-likeness (QED) is 0.320. The van der Waals surface area contributed by atoms with Gasteiger partial charge in [0.2, 0.25) is 5.76 Å². The van der Waals surface area contributed by atoms with Crippen LogP contribution in [0.5, 0.6) is 0 Å². The summed E-state index contributed by atoms with van der Waals surface area (Å²) in [6.07, 6.45) is -6.82. The molecule has 0 aliphatic carbocycles. The van der Waals surface area contributed by atoms with Crippen LogP contribution >= 0.6 is 0 Å². The van der Waals surface area contributed by atoms with Gasteiger partial charge < -0.3 is 29.0 Å². The molecule has 2 heterocycles. The number of methoxy groups -OCH3 is 1. The predicted octanol–water partition coefficient (Wildman–Crippen LogP) is 0.770. The summed E-state index contributed by atoms with van der Waals surface area (Å²) in [6.45, 7) is 3.21. The van der Waals surface area contributed by atoms with Crippen molar-refractivity contribution in [3.63, 3.8) is 0 Å². The zero-order valence-corrected chi connectivity index (χ0v) is 21.4. The molecule has 0 aromatic carbocycles. The molecule has 0 bridgehead atoms. The highest BCUT2D eigenvalue weighted by atomic mass is 19.4. The summed E-state index contributed by atoms with van der Waals surface area (Å²) in [4.78, 5) is 61.7. The van der Waals surface area contributed by atoms with E-state index in [1.54, 1.807) is 4.90 Å². The van der Waals surface area contributed by atoms with Gasteiger partial charge >= 0.3 is 36.0 Å². The molecule has 2 rings (SSSR count). The van der Waals surface area contributed by atoms with Gasteiger partial charge in [0.05, 0.1) is 19.2 Å². The van der Waals surface area contributed by atoms with Gasteiger partial charge in [-0.3, -0.25) is 24.1 Å². The minimum atomic E-state index is -5.28. The van der Waals surface area contributed by atoms with Crippen molar-refractivity contribution in [2.75, 3.05) is 26.8 Å². The first-order valence-electron chi connectivity index (χ1n) is 11.8. The second-order valence-electron chi connectivity index (χ2n) is 8.71. The minimum absolute atomic E-state index is 0.416. The van der Waals surface area contributed by atoms with Gasteiger partial charge in [0.1, 0.15) is 6.61 Å².